The lowest BCUT2D eigenvalue weighted by Crippen LogP contribution is -2.02. The number of aliphatic hydroxyl groups excluding tert-OH is 1. The molecule has 0 bridgehead atoms. The van der Waals surface area contributed by atoms with E-state index in [2.05, 4.69) is 9.97 Å². The van der Waals surface area contributed by atoms with Crippen LogP contribution < -0.4 is 0 Å². The fourth-order valence-corrected chi connectivity index (χ4v) is 1.87. The summed E-state index contributed by atoms with van der Waals surface area (Å²) in [6.45, 7) is 0. The van der Waals surface area contributed by atoms with Gasteiger partial charge in [0.25, 0.3) is 0 Å². The van der Waals surface area contributed by atoms with Crippen LogP contribution in [0.15, 0.2) is 36.5 Å². The molecule has 19 heavy (non-hydrogen) atoms. The van der Waals surface area contributed by atoms with E-state index in [-0.39, 0.29) is 6.42 Å². The summed E-state index contributed by atoms with van der Waals surface area (Å²) in [5.74, 6) is -0.319. The normalized spacial score (nSPS) is 12.3. The maximum atomic E-state index is 10.4. The fourth-order valence-electron chi connectivity index (χ4n) is 1.87. The zero-order valence-electron chi connectivity index (χ0n) is 10.4. The number of aliphatic hydroxyl groups is 1. The van der Waals surface area contributed by atoms with Gasteiger partial charge in [-0.25, -0.2) is 4.98 Å². The molecule has 0 amide bonds. The van der Waals surface area contributed by atoms with Crippen LogP contribution in [0.5, 0.6) is 0 Å². The zero-order valence-corrected chi connectivity index (χ0v) is 10.4. The van der Waals surface area contributed by atoms with Crippen molar-refractivity contribution in [2.45, 2.75) is 25.4 Å². The lowest BCUT2D eigenvalue weighted by atomic mass is 10.1. The first-order valence-corrected chi connectivity index (χ1v) is 6.15. The molecule has 1 aromatic carbocycles. The van der Waals surface area contributed by atoms with Gasteiger partial charge in [0.15, 0.2) is 0 Å². The predicted molar refractivity (Wildman–Crippen MR) is 69.7 cm³/mol. The van der Waals surface area contributed by atoms with Gasteiger partial charge in [-0.2, -0.15) is 0 Å². The Hall–Kier alpha value is -2.14. The minimum absolute atomic E-state index is 0.135. The van der Waals surface area contributed by atoms with Crippen LogP contribution >= 0.6 is 0 Å². The van der Waals surface area contributed by atoms with Gasteiger partial charge >= 0.3 is 5.97 Å². The number of aliphatic carboxylic acids is 1. The lowest BCUT2D eigenvalue weighted by Gasteiger charge is -2.07. The van der Waals surface area contributed by atoms with Crippen molar-refractivity contribution < 1.29 is 15.0 Å². The van der Waals surface area contributed by atoms with E-state index in [1.165, 1.54) is 0 Å². The van der Waals surface area contributed by atoms with E-state index >= 15 is 0 Å². The van der Waals surface area contributed by atoms with Gasteiger partial charge in [0.2, 0.25) is 0 Å². The maximum absolute atomic E-state index is 10.4. The van der Waals surface area contributed by atoms with Crippen molar-refractivity contribution in [3.8, 4) is 0 Å². The lowest BCUT2D eigenvalue weighted by molar-refractivity contribution is -0.137. The number of carbonyl (C=O) groups is 1. The Kier molecular flexibility index (Phi) is 4.30. The van der Waals surface area contributed by atoms with Crippen LogP contribution in [-0.2, 0) is 11.2 Å². The number of hydrogen-bond acceptors (Lipinski definition) is 3. The molecular weight excluding hydrogens is 244 g/mol. The van der Waals surface area contributed by atoms with E-state index < -0.39 is 12.1 Å². The molecule has 2 rings (SSSR count). The number of aromatic amines is 1. The third kappa shape index (κ3) is 3.66. The Morgan fingerprint density at radius 2 is 2.05 bits per heavy atom. The summed E-state index contributed by atoms with van der Waals surface area (Å²) in [5.41, 5.74) is 1.61. The zero-order chi connectivity index (χ0) is 13.7. The van der Waals surface area contributed by atoms with Gasteiger partial charge in [0, 0.05) is 18.3 Å². The van der Waals surface area contributed by atoms with E-state index in [1.807, 2.05) is 30.3 Å². The van der Waals surface area contributed by atoms with Gasteiger partial charge in [-0.15, -0.1) is 0 Å². The number of rotatable bonds is 6. The van der Waals surface area contributed by atoms with Crippen molar-refractivity contribution in [1.29, 1.82) is 0 Å². The predicted octanol–water partition coefficient (Wildman–Crippen LogP) is 1.90. The van der Waals surface area contributed by atoms with Crippen LogP contribution in [0.3, 0.4) is 0 Å². The summed E-state index contributed by atoms with van der Waals surface area (Å²) in [6, 6.07) is 9.26. The average Bonchev–Trinajstić information content (AvgIpc) is 2.87. The van der Waals surface area contributed by atoms with Gasteiger partial charge in [-0.1, -0.05) is 30.3 Å². The molecule has 0 aliphatic heterocycles. The smallest absolute Gasteiger partial charge is 0.303 e. The Labute approximate surface area is 110 Å². The van der Waals surface area contributed by atoms with E-state index in [0.29, 0.717) is 18.7 Å². The highest BCUT2D eigenvalue weighted by molar-refractivity contribution is 5.66. The Morgan fingerprint density at radius 1 is 1.32 bits per heavy atom. The van der Waals surface area contributed by atoms with Crippen molar-refractivity contribution in [2.75, 3.05) is 0 Å². The molecule has 0 spiro atoms. The second-order valence-electron chi connectivity index (χ2n) is 4.35. The molecule has 1 unspecified atom stereocenters. The number of carboxylic acids is 1. The maximum Gasteiger partial charge on any atom is 0.303 e. The minimum atomic E-state index is -0.802. The first-order chi connectivity index (χ1) is 9.16. The van der Waals surface area contributed by atoms with E-state index in [1.54, 1.807) is 6.20 Å². The molecule has 1 atom stereocenters. The van der Waals surface area contributed by atoms with Gasteiger partial charge < -0.3 is 15.2 Å². The van der Waals surface area contributed by atoms with Crippen LogP contribution in [0.2, 0.25) is 0 Å². The molecule has 3 N–H and O–H groups in total. The van der Waals surface area contributed by atoms with E-state index in [4.69, 9.17) is 5.11 Å². The fraction of sp³-hybridized carbons (Fsp3) is 0.286. The number of carboxylic acid groups (broad SMARTS) is 1. The van der Waals surface area contributed by atoms with Gasteiger partial charge in [0.05, 0.1) is 0 Å². The standard InChI is InChI=1S/C14H16N2O3/c17-12(18)8-4-7-11-9-15-14(16-11)13(19)10-5-2-1-3-6-10/h1-3,5-6,9,13,19H,4,7-8H2,(H,15,16)(H,17,18). The molecule has 2 aromatic rings. The molecule has 0 aliphatic rings. The first-order valence-electron chi connectivity index (χ1n) is 6.15. The molecule has 0 aliphatic carbocycles. The van der Waals surface area contributed by atoms with Crippen molar-refractivity contribution in [1.82, 2.24) is 9.97 Å². The molecule has 0 saturated heterocycles. The molecular formula is C14H16N2O3. The number of imidazole rings is 1. The van der Waals surface area contributed by atoms with Crippen molar-refractivity contribution in [3.63, 3.8) is 0 Å². The molecule has 100 valence electrons. The second-order valence-corrected chi connectivity index (χ2v) is 4.35. The Bertz CT molecular complexity index is 537. The van der Waals surface area contributed by atoms with Crippen LogP contribution in [-0.4, -0.2) is 26.2 Å². The quantitative estimate of drug-likeness (QED) is 0.740. The Morgan fingerprint density at radius 3 is 2.74 bits per heavy atom. The molecule has 0 radical (unpaired) electrons. The van der Waals surface area contributed by atoms with Crippen molar-refractivity contribution in [3.05, 3.63) is 53.6 Å². The average molecular weight is 260 g/mol. The van der Waals surface area contributed by atoms with Crippen LogP contribution in [0.25, 0.3) is 0 Å². The highest BCUT2D eigenvalue weighted by Crippen LogP contribution is 2.19. The van der Waals surface area contributed by atoms with Gasteiger partial charge in [-0.3, -0.25) is 4.79 Å². The molecule has 0 saturated carbocycles. The van der Waals surface area contributed by atoms with E-state index in [9.17, 15) is 9.90 Å². The molecule has 1 aromatic heterocycles. The Balaban J connectivity index is 1.98. The van der Waals surface area contributed by atoms with Crippen LogP contribution in [0.1, 0.15) is 36.0 Å². The summed E-state index contributed by atoms with van der Waals surface area (Å²) in [5, 5.41) is 18.7. The number of nitrogens with one attached hydrogen (secondary N) is 1. The number of benzene rings is 1. The number of H-pyrrole nitrogens is 1. The summed E-state index contributed by atoms with van der Waals surface area (Å²) in [7, 11) is 0. The third-order valence-electron chi connectivity index (χ3n) is 2.86. The molecule has 1 heterocycles. The SMILES string of the molecule is O=C(O)CCCc1cnc(C(O)c2ccccc2)[nH]1. The second kappa shape index (κ2) is 6.15. The first kappa shape index (κ1) is 13.3. The van der Waals surface area contributed by atoms with Gasteiger partial charge in [0.1, 0.15) is 11.9 Å². The monoisotopic (exact) mass is 260 g/mol. The van der Waals surface area contributed by atoms with Crippen LogP contribution in [0, 0.1) is 0 Å². The van der Waals surface area contributed by atoms with Gasteiger partial charge in [-0.05, 0) is 18.4 Å². The minimum Gasteiger partial charge on any atom is -0.481 e. The van der Waals surface area contributed by atoms with Crippen molar-refractivity contribution >= 4 is 5.97 Å². The summed E-state index contributed by atoms with van der Waals surface area (Å²) < 4.78 is 0. The van der Waals surface area contributed by atoms with Crippen LogP contribution in [0.4, 0.5) is 0 Å². The largest absolute Gasteiger partial charge is 0.481 e. The third-order valence-corrected chi connectivity index (χ3v) is 2.86. The van der Waals surface area contributed by atoms with E-state index in [0.717, 1.165) is 11.3 Å². The van der Waals surface area contributed by atoms with Crippen molar-refractivity contribution in [2.24, 2.45) is 0 Å². The molecule has 5 nitrogen and oxygen atoms in total. The summed E-state index contributed by atoms with van der Waals surface area (Å²) >= 11 is 0. The number of nitrogens with zero attached hydrogens (tertiary/aromatic N) is 1. The highest BCUT2D eigenvalue weighted by atomic mass is 16.4. The number of aryl methyl sites for hydroxylation is 1. The number of aromatic nitrogens is 2. The summed E-state index contributed by atoms with van der Waals surface area (Å²) in [6.07, 6.45) is 2.16. The topological polar surface area (TPSA) is 86.2 Å². The number of hydrogen-bond donors (Lipinski definition) is 3. The highest BCUT2D eigenvalue weighted by Gasteiger charge is 2.13. The molecule has 5 heteroatoms. The molecule has 0 fully saturated rings. The summed E-state index contributed by atoms with van der Waals surface area (Å²) in [4.78, 5) is 17.6.